The third-order valence-electron chi connectivity index (χ3n) is 4.04. The molecule has 0 aliphatic rings. The van der Waals surface area contributed by atoms with Gasteiger partial charge in [-0.1, -0.05) is 22.9 Å². The van der Waals surface area contributed by atoms with Gasteiger partial charge in [0.25, 0.3) is 11.6 Å². The summed E-state index contributed by atoms with van der Waals surface area (Å²) in [6.07, 6.45) is 0. The minimum Gasteiger partial charge on any atom is -0.496 e. The number of ether oxygens (including phenoxy) is 1. The topological polar surface area (TPSA) is 112 Å². The molecule has 3 rings (SSSR count). The van der Waals surface area contributed by atoms with E-state index in [-0.39, 0.29) is 17.1 Å². The van der Waals surface area contributed by atoms with Crippen LogP contribution in [0, 0.1) is 24.0 Å². The Hall–Kier alpha value is -3.75. The number of aromatic nitrogens is 3. The first-order valence-corrected chi connectivity index (χ1v) is 8.04. The highest BCUT2D eigenvalue weighted by Crippen LogP contribution is 2.29. The Kier molecular flexibility index (Phi) is 4.84. The summed E-state index contributed by atoms with van der Waals surface area (Å²) in [5, 5.41) is 21.7. The fourth-order valence-electron chi connectivity index (χ4n) is 2.55. The van der Waals surface area contributed by atoms with Crippen molar-refractivity contribution in [3.05, 3.63) is 69.5 Å². The van der Waals surface area contributed by atoms with Crippen LogP contribution in [0.15, 0.2) is 42.5 Å². The van der Waals surface area contributed by atoms with E-state index in [0.29, 0.717) is 11.4 Å². The molecule has 0 aliphatic carbocycles. The van der Waals surface area contributed by atoms with E-state index in [9.17, 15) is 14.9 Å². The molecule has 2 aromatic carbocycles. The summed E-state index contributed by atoms with van der Waals surface area (Å²) in [6, 6.07) is 11.8. The van der Waals surface area contributed by atoms with Gasteiger partial charge in [-0.15, -0.1) is 5.10 Å². The van der Waals surface area contributed by atoms with Gasteiger partial charge in [-0.2, -0.15) is 0 Å². The van der Waals surface area contributed by atoms with E-state index in [0.717, 1.165) is 11.3 Å². The second kappa shape index (κ2) is 7.24. The van der Waals surface area contributed by atoms with Crippen molar-refractivity contribution in [3.63, 3.8) is 0 Å². The van der Waals surface area contributed by atoms with Gasteiger partial charge in [-0.25, -0.2) is 4.68 Å². The van der Waals surface area contributed by atoms with Crippen molar-refractivity contribution in [2.45, 2.75) is 13.8 Å². The average Bonchev–Trinajstić information content (AvgIpc) is 3.04. The van der Waals surface area contributed by atoms with E-state index in [4.69, 9.17) is 4.74 Å². The Morgan fingerprint density at radius 2 is 1.89 bits per heavy atom. The molecule has 27 heavy (non-hydrogen) atoms. The Labute approximate surface area is 154 Å². The lowest BCUT2D eigenvalue weighted by Crippen LogP contribution is -2.15. The molecular weight excluding hydrogens is 350 g/mol. The SMILES string of the molecule is COc1ccc(NC(=O)c2nnn(-c3ccc(C)cc3)c2C)c([N+](=O)[O-])c1. The third-order valence-corrected chi connectivity index (χ3v) is 4.04. The van der Waals surface area contributed by atoms with Crippen molar-refractivity contribution in [2.75, 3.05) is 12.4 Å². The second-order valence-electron chi connectivity index (χ2n) is 5.87. The maximum Gasteiger partial charge on any atom is 0.296 e. The summed E-state index contributed by atoms with van der Waals surface area (Å²) in [5.74, 6) is -0.264. The zero-order valence-electron chi connectivity index (χ0n) is 15.0. The van der Waals surface area contributed by atoms with Crippen LogP contribution in [0.3, 0.4) is 0 Å². The average molecular weight is 367 g/mol. The monoisotopic (exact) mass is 367 g/mol. The fourth-order valence-corrected chi connectivity index (χ4v) is 2.55. The van der Waals surface area contributed by atoms with Crippen LogP contribution in [0.4, 0.5) is 11.4 Å². The van der Waals surface area contributed by atoms with Crippen LogP contribution < -0.4 is 10.1 Å². The number of aryl methyl sites for hydroxylation is 1. The van der Waals surface area contributed by atoms with Gasteiger partial charge >= 0.3 is 0 Å². The molecule has 0 atom stereocenters. The van der Waals surface area contributed by atoms with Crippen LogP contribution in [-0.4, -0.2) is 32.9 Å². The number of amides is 1. The number of nitrogens with one attached hydrogen (secondary N) is 1. The number of rotatable bonds is 5. The van der Waals surface area contributed by atoms with Crippen molar-refractivity contribution in [3.8, 4) is 11.4 Å². The normalized spacial score (nSPS) is 10.5. The summed E-state index contributed by atoms with van der Waals surface area (Å²) < 4.78 is 6.53. The maximum atomic E-state index is 12.6. The molecule has 0 fully saturated rings. The molecule has 0 saturated heterocycles. The van der Waals surface area contributed by atoms with Gasteiger partial charge in [0.2, 0.25) is 0 Å². The third kappa shape index (κ3) is 3.61. The quantitative estimate of drug-likeness (QED) is 0.548. The lowest BCUT2D eigenvalue weighted by molar-refractivity contribution is -0.384. The van der Waals surface area contributed by atoms with Crippen LogP contribution >= 0.6 is 0 Å². The molecule has 0 spiro atoms. The molecule has 1 N–H and O–H groups in total. The number of hydrogen-bond acceptors (Lipinski definition) is 6. The molecule has 9 nitrogen and oxygen atoms in total. The number of benzene rings is 2. The van der Waals surface area contributed by atoms with E-state index in [1.807, 2.05) is 31.2 Å². The van der Waals surface area contributed by atoms with E-state index >= 15 is 0 Å². The number of carbonyl (C=O) groups is 1. The zero-order chi connectivity index (χ0) is 19.6. The van der Waals surface area contributed by atoms with Gasteiger partial charge in [0.1, 0.15) is 11.4 Å². The standard InChI is InChI=1S/C18H17N5O4/c1-11-4-6-13(7-5-11)22-12(2)17(20-21-22)18(24)19-15-9-8-14(27-3)10-16(15)23(25)26/h4-10H,1-3H3,(H,19,24). The smallest absolute Gasteiger partial charge is 0.296 e. The zero-order valence-corrected chi connectivity index (χ0v) is 15.0. The molecule has 3 aromatic rings. The Morgan fingerprint density at radius 1 is 1.19 bits per heavy atom. The van der Waals surface area contributed by atoms with Gasteiger partial charge in [0.05, 0.1) is 29.5 Å². The molecule has 1 amide bonds. The number of hydrogen-bond donors (Lipinski definition) is 1. The summed E-state index contributed by atoms with van der Waals surface area (Å²) >= 11 is 0. The molecule has 1 heterocycles. The molecule has 138 valence electrons. The van der Waals surface area contributed by atoms with Gasteiger partial charge in [-0.05, 0) is 38.1 Å². The summed E-state index contributed by atoms with van der Waals surface area (Å²) in [7, 11) is 1.41. The molecule has 0 radical (unpaired) electrons. The van der Waals surface area contributed by atoms with Crippen LogP contribution in [0.25, 0.3) is 5.69 Å². The molecule has 0 aliphatic heterocycles. The van der Waals surface area contributed by atoms with Crippen molar-refractivity contribution >= 4 is 17.3 Å². The van der Waals surface area contributed by atoms with Gasteiger partial charge < -0.3 is 10.1 Å². The van der Waals surface area contributed by atoms with Crippen LogP contribution in [0.1, 0.15) is 21.7 Å². The summed E-state index contributed by atoms with van der Waals surface area (Å²) in [6.45, 7) is 3.68. The van der Waals surface area contributed by atoms with Crippen molar-refractivity contribution < 1.29 is 14.5 Å². The predicted octanol–water partition coefficient (Wildman–Crippen LogP) is 3.05. The van der Waals surface area contributed by atoms with Crippen molar-refractivity contribution in [1.82, 2.24) is 15.0 Å². The van der Waals surface area contributed by atoms with Crippen molar-refractivity contribution in [2.24, 2.45) is 0 Å². The van der Waals surface area contributed by atoms with E-state index in [1.165, 1.54) is 30.0 Å². The summed E-state index contributed by atoms with van der Waals surface area (Å²) in [4.78, 5) is 23.3. The van der Waals surface area contributed by atoms with Gasteiger partial charge in [-0.3, -0.25) is 14.9 Å². The molecule has 1 aromatic heterocycles. The first kappa shape index (κ1) is 18.1. The first-order valence-electron chi connectivity index (χ1n) is 8.04. The van der Waals surface area contributed by atoms with Gasteiger partial charge in [0.15, 0.2) is 5.69 Å². The highest BCUT2D eigenvalue weighted by atomic mass is 16.6. The lowest BCUT2D eigenvalue weighted by Gasteiger charge is -2.07. The Morgan fingerprint density at radius 3 is 2.52 bits per heavy atom. The molecule has 9 heteroatoms. The number of carbonyl (C=O) groups excluding carboxylic acids is 1. The van der Waals surface area contributed by atoms with Crippen LogP contribution in [0.5, 0.6) is 5.75 Å². The van der Waals surface area contributed by atoms with Crippen molar-refractivity contribution in [1.29, 1.82) is 0 Å². The number of anilines is 1. The largest absolute Gasteiger partial charge is 0.496 e. The minimum atomic E-state index is -0.589. The van der Waals surface area contributed by atoms with E-state index in [2.05, 4.69) is 15.6 Å². The highest BCUT2D eigenvalue weighted by molar-refractivity contribution is 6.04. The van der Waals surface area contributed by atoms with Crippen LogP contribution in [-0.2, 0) is 0 Å². The number of nitro groups is 1. The number of nitro benzene ring substituents is 1. The second-order valence-corrected chi connectivity index (χ2v) is 5.87. The summed E-state index contributed by atoms with van der Waals surface area (Å²) in [5.41, 5.74) is 2.25. The first-order chi connectivity index (χ1) is 12.9. The van der Waals surface area contributed by atoms with Crippen LogP contribution in [0.2, 0.25) is 0 Å². The molecule has 0 bridgehead atoms. The molecular formula is C18H17N5O4. The van der Waals surface area contributed by atoms with E-state index < -0.39 is 10.8 Å². The number of methoxy groups -OCH3 is 1. The maximum absolute atomic E-state index is 12.6. The Balaban J connectivity index is 1.90. The minimum absolute atomic E-state index is 0.0510. The molecule has 0 unspecified atom stereocenters. The van der Waals surface area contributed by atoms with E-state index in [1.54, 1.807) is 6.92 Å². The fraction of sp³-hybridized carbons (Fsp3) is 0.167. The Bertz CT molecular complexity index is 1010. The lowest BCUT2D eigenvalue weighted by atomic mass is 10.2. The van der Waals surface area contributed by atoms with Gasteiger partial charge in [0, 0.05) is 0 Å². The predicted molar refractivity (Wildman–Crippen MR) is 98.4 cm³/mol. The molecule has 0 saturated carbocycles. The highest BCUT2D eigenvalue weighted by Gasteiger charge is 2.22. The number of nitrogens with zero attached hydrogens (tertiary/aromatic N) is 4.